The van der Waals surface area contributed by atoms with E-state index in [1.807, 2.05) is 0 Å². The lowest BCUT2D eigenvalue weighted by molar-refractivity contribution is -0.144. The number of hydrogen-bond donors (Lipinski definition) is 1. The van der Waals surface area contributed by atoms with Gasteiger partial charge >= 0.3 is 16.4 Å². The number of unbranched alkanes of at least 4 members (excludes halogenated alkanes) is 11. The van der Waals surface area contributed by atoms with Crippen LogP contribution in [0.4, 0.5) is 0 Å². The lowest BCUT2D eigenvalue weighted by atomic mass is 10.1. The van der Waals surface area contributed by atoms with Crippen molar-refractivity contribution in [2.45, 2.75) is 90.4 Å². The molecule has 0 aromatic carbocycles. The molecule has 0 aliphatic heterocycles. The Morgan fingerprint density at radius 1 is 0.792 bits per heavy atom. The van der Waals surface area contributed by atoms with Crippen LogP contribution in [-0.4, -0.2) is 32.2 Å². The fourth-order valence-electron chi connectivity index (χ4n) is 2.43. The van der Waals surface area contributed by atoms with Gasteiger partial charge in [-0.15, -0.1) is 0 Å². The van der Waals surface area contributed by atoms with Gasteiger partial charge in [-0.25, -0.2) is 4.18 Å². The van der Waals surface area contributed by atoms with Crippen molar-refractivity contribution in [1.82, 2.24) is 0 Å². The Kier molecular flexibility index (Phi) is 15.4. The monoisotopic (exact) mass is 366 g/mol. The first-order chi connectivity index (χ1) is 11.5. The average molecular weight is 367 g/mol. The van der Waals surface area contributed by atoms with Crippen LogP contribution < -0.4 is 0 Å². The number of ether oxygens (including phenoxy) is 1. The summed E-state index contributed by atoms with van der Waals surface area (Å²) in [5, 5.41) is 0. The van der Waals surface area contributed by atoms with Gasteiger partial charge in [0.2, 0.25) is 0 Å². The zero-order valence-corrected chi connectivity index (χ0v) is 15.8. The Balaban J connectivity index is 3.20. The molecule has 0 saturated carbocycles. The van der Waals surface area contributed by atoms with E-state index in [-0.39, 0.29) is 6.42 Å². The van der Waals surface area contributed by atoms with Crippen LogP contribution in [0.5, 0.6) is 0 Å². The van der Waals surface area contributed by atoms with E-state index in [9.17, 15) is 13.2 Å². The molecule has 7 heteroatoms. The Labute approximate surface area is 147 Å². The second-order valence-electron chi connectivity index (χ2n) is 6.11. The normalized spacial score (nSPS) is 11.6. The SMILES string of the molecule is CCCCCCCCCCCCCCOC(=O)CCOS(=O)(=O)O. The number of carbonyl (C=O) groups excluding carboxylic acids is 1. The first-order valence-corrected chi connectivity index (χ1v) is 10.6. The van der Waals surface area contributed by atoms with Gasteiger partial charge in [-0.3, -0.25) is 9.35 Å². The van der Waals surface area contributed by atoms with Crippen LogP contribution >= 0.6 is 0 Å². The molecule has 0 fully saturated rings. The summed E-state index contributed by atoms with van der Waals surface area (Å²) in [6.45, 7) is 2.19. The van der Waals surface area contributed by atoms with Gasteiger partial charge in [-0.2, -0.15) is 8.42 Å². The topological polar surface area (TPSA) is 89.9 Å². The van der Waals surface area contributed by atoms with Crippen LogP contribution in [0.15, 0.2) is 0 Å². The molecule has 0 aliphatic carbocycles. The predicted octanol–water partition coefficient (Wildman–Crippen LogP) is 4.44. The van der Waals surface area contributed by atoms with Crippen LogP contribution in [0, 0.1) is 0 Å². The van der Waals surface area contributed by atoms with Gasteiger partial charge in [0, 0.05) is 0 Å². The van der Waals surface area contributed by atoms with Crippen molar-refractivity contribution >= 4 is 16.4 Å². The van der Waals surface area contributed by atoms with E-state index in [2.05, 4.69) is 11.1 Å². The van der Waals surface area contributed by atoms with Gasteiger partial charge in [0.05, 0.1) is 19.6 Å². The molecular weight excluding hydrogens is 332 g/mol. The minimum Gasteiger partial charge on any atom is -0.466 e. The molecule has 1 N–H and O–H groups in total. The highest BCUT2D eigenvalue weighted by atomic mass is 32.3. The van der Waals surface area contributed by atoms with Gasteiger partial charge in [-0.05, 0) is 6.42 Å². The van der Waals surface area contributed by atoms with E-state index >= 15 is 0 Å². The fraction of sp³-hybridized carbons (Fsp3) is 0.941. The van der Waals surface area contributed by atoms with E-state index in [0.29, 0.717) is 6.61 Å². The summed E-state index contributed by atoms with van der Waals surface area (Å²) >= 11 is 0. The van der Waals surface area contributed by atoms with Gasteiger partial charge < -0.3 is 4.74 Å². The van der Waals surface area contributed by atoms with E-state index in [1.165, 1.54) is 57.8 Å². The molecule has 0 amide bonds. The summed E-state index contributed by atoms with van der Waals surface area (Å²) < 4.78 is 37.9. The number of hydrogen-bond acceptors (Lipinski definition) is 5. The standard InChI is InChI=1S/C17H34O6S/c1-2-3-4-5-6-7-8-9-10-11-12-13-15-22-17(18)14-16-23-24(19,20)21/h2-16H2,1H3,(H,19,20,21). The molecule has 0 spiro atoms. The van der Waals surface area contributed by atoms with Crippen molar-refractivity contribution in [3.8, 4) is 0 Å². The second-order valence-corrected chi connectivity index (χ2v) is 7.20. The van der Waals surface area contributed by atoms with E-state index in [1.54, 1.807) is 0 Å². The Morgan fingerprint density at radius 2 is 1.25 bits per heavy atom. The van der Waals surface area contributed by atoms with Gasteiger partial charge in [-0.1, -0.05) is 77.6 Å². The molecule has 6 nitrogen and oxygen atoms in total. The fourth-order valence-corrected chi connectivity index (χ4v) is 2.73. The highest BCUT2D eigenvalue weighted by Crippen LogP contribution is 2.11. The molecule has 0 radical (unpaired) electrons. The van der Waals surface area contributed by atoms with Gasteiger partial charge in [0.1, 0.15) is 0 Å². The molecule has 0 bridgehead atoms. The van der Waals surface area contributed by atoms with Crippen molar-refractivity contribution in [3.63, 3.8) is 0 Å². The summed E-state index contributed by atoms with van der Waals surface area (Å²) in [5.41, 5.74) is 0. The Bertz CT molecular complexity index is 394. The lowest BCUT2D eigenvalue weighted by Crippen LogP contribution is -2.12. The van der Waals surface area contributed by atoms with E-state index < -0.39 is 23.0 Å². The summed E-state index contributed by atoms with van der Waals surface area (Å²) in [6, 6.07) is 0. The highest BCUT2D eigenvalue weighted by Gasteiger charge is 2.08. The molecule has 144 valence electrons. The van der Waals surface area contributed by atoms with Crippen molar-refractivity contribution in [1.29, 1.82) is 0 Å². The maximum atomic E-state index is 11.3. The third kappa shape index (κ3) is 19.4. The van der Waals surface area contributed by atoms with Crippen LogP contribution in [-0.2, 0) is 24.1 Å². The molecule has 0 unspecified atom stereocenters. The maximum Gasteiger partial charge on any atom is 0.397 e. The minimum absolute atomic E-state index is 0.182. The third-order valence-electron chi connectivity index (χ3n) is 3.80. The molecule has 0 saturated heterocycles. The Morgan fingerprint density at radius 3 is 1.71 bits per heavy atom. The van der Waals surface area contributed by atoms with E-state index in [4.69, 9.17) is 9.29 Å². The number of esters is 1. The zero-order valence-electron chi connectivity index (χ0n) is 15.0. The molecule has 0 aliphatic rings. The summed E-state index contributed by atoms with van der Waals surface area (Å²) in [4.78, 5) is 11.3. The van der Waals surface area contributed by atoms with Crippen molar-refractivity contribution < 1.29 is 26.7 Å². The second kappa shape index (κ2) is 15.8. The maximum absolute atomic E-state index is 11.3. The number of rotatable bonds is 17. The molecule has 0 atom stereocenters. The smallest absolute Gasteiger partial charge is 0.397 e. The summed E-state index contributed by atoms with van der Waals surface area (Å²) in [5.74, 6) is -0.512. The predicted molar refractivity (Wildman–Crippen MR) is 94.2 cm³/mol. The quantitative estimate of drug-likeness (QED) is 0.232. The first kappa shape index (κ1) is 23.3. The van der Waals surface area contributed by atoms with Crippen LogP contribution in [0.1, 0.15) is 90.4 Å². The van der Waals surface area contributed by atoms with Crippen LogP contribution in [0.25, 0.3) is 0 Å². The third-order valence-corrected chi connectivity index (χ3v) is 4.26. The van der Waals surface area contributed by atoms with Crippen LogP contribution in [0.3, 0.4) is 0 Å². The largest absolute Gasteiger partial charge is 0.466 e. The first-order valence-electron chi connectivity index (χ1n) is 9.23. The van der Waals surface area contributed by atoms with Crippen LogP contribution in [0.2, 0.25) is 0 Å². The molecule has 24 heavy (non-hydrogen) atoms. The highest BCUT2D eigenvalue weighted by molar-refractivity contribution is 7.80. The lowest BCUT2D eigenvalue weighted by Gasteiger charge is -2.05. The van der Waals surface area contributed by atoms with Crippen molar-refractivity contribution in [2.75, 3.05) is 13.2 Å². The average Bonchev–Trinajstić information content (AvgIpc) is 2.50. The molecule has 0 heterocycles. The summed E-state index contributed by atoms with van der Waals surface area (Å²) in [7, 11) is -4.48. The molecular formula is C17H34O6S. The van der Waals surface area contributed by atoms with E-state index in [0.717, 1.165) is 19.3 Å². The van der Waals surface area contributed by atoms with Crippen molar-refractivity contribution in [3.05, 3.63) is 0 Å². The Hall–Kier alpha value is -0.660. The zero-order chi connectivity index (χ0) is 18.1. The summed E-state index contributed by atoms with van der Waals surface area (Å²) in [6.07, 6.45) is 14.7. The van der Waals surface area contributed by atoms with Crippen molar-refractivity contribution in [2.24, 2.45) is 0 Å². The van der Waals surface area contributed by atoms with Gasteiger partial charge in [0.25, 0.3) is 0 Å². The minimum atomic E-state index is -4.48. The number of carbonyl (C=O) groups is 1. The molecule has 0 rings (SSSR count). The molecule has 0 aromatic heterocycles. The molecule has 0 aromatic rings. The van der Waals surface area contributed by atoms with Gasteiger partial charge in [0.15, 0.2) is 0 Å².